The lowest BCUT2D eigenvalue weighted by molar-refractivity contribution is -0.137. The van der Waals surface area contributed by atoms with Gasteiger partial charge in [-0.3, -0.25) is 9.78 Å². The van der Waals surface area contributed by atoms with E-state index in [4.69, 9.17) is 11.6 Å². The van der Waals surface area contributed by atoms with Crippen LogP contribution in [0.4, 0.5) is 19.0 Å². The Labute approximate surface area is 252 Å². The summed E-state index contributed by atoms with van der Waals surface area (Å²) in [5.74, 6) is 0.223. The molecule has 7 nitrogen and oxygen atoms in total. The molecule has 13 heteroatoms. The third kappa shape index (κ3) is 7.17. The number of amides is 1. The van der Waals surface area contributed by atoms with Gasteiger partial charge in [-0.1, -0.05) is 29.8 Å². The van der Waals surface area contributed by atoms with Crippen LogP contribution in [0, 0.1) is 0 Å². The summed E-state index contributed by atoms with van der Waals surface area (Å²) < 4.78 is 55.3. The van der Waals surface area contributed by atoms with Crippen molar-refractivity contribution in [2.45, 2.75) is 48.8 Å². The lowest BCUT2D eigenvalue weighted by Crippen LogP contribution is -2.43. The molecule has 1 fully saturated rings. The summed E-state index contributed by atoms with van der Waals surface area (Å²) in [4.78, 5) is 22.3. The Morgan fingerprint density at radius 3 is 2.62 bits per heavy atom. The van der Waals surface area contributed by atoms with E-state index in [-0.39, 0.29) is 18.5 Å². The molecule has 1 aliphatic rings. The van der Waals surface area contributed by atoms with Crippen LogP contribution in [0.3, 0.4) is 0 Å². The third-order valence-corrected chi connectivity index (χ3v) is 9.84. The Bertz CT molecular complexity index is 1570. The number of carbonyl (C=O) groups excluding carboxylic acids is 1. The van der Waals surface area contributed by atoms with Crippen LogP contribution in [-0.2, 0) is 28.5 Å². The number of thiophene rings is 1. The van der Waals surface area contributed by atoms with E-state index in [1.54, 1.807) is 34.8 Å². The number of hydrogen-bond donors (Lipinski definition) is 2. The maximum absolute atomic E-state index is 13.2. The molecule has 0 bridgehead atoms. The fourth-order valence-corrected chi connectivity index (χ4v) is 7.58. The van der Waals surface area contributed by atoms with E-state index in [2.05, 4.69) is 20.6 Å². The first kappa shape index (κ1) is 30.1. The molecule has 5 rings (SSSR count). The molecule has 4 heterocycles. The molecule has 3 aromatic heterocycles. The molecule has 0 spiro atoms. The minimum absolute atomic E-state index is 0.142. The molecule has 1 amide bonds. The molecule has 3 atom stereocenters. The van der Waals surface area contributed by atoms with Crippen LogP contribution < -0.4 is 10.6 Å². The number of pyridine rings is 2. The van der Waals surface area contributed by atoms with Gasteiger partial charge in [-0.15, -0.1) is 11.3 Å². The molecule has 2 N–H and O–H groups in total. The van der Waals surface area contributed by atoms with Crippen molar-refractivity contribution in [3.8, 4) is 11.3 Å². The quantitative estimate of drug-likeness (QED) is 0.210. The van der Waals surface area contributed by atoms with Gasteiger partial charge in [0.05, 0.1) is 27.3 Å². The van der Waals surface area contributed by atoms with E-state index in [9.17, 15) is 22.2 Å². The van der Waals surface area contributed by atoms with Gasteiger partial charge in [0, 0.05) is 24.8 Å². The van der Waals surface area contributed by atoms with Crippen LogP contribution in [0.15, 0.2) is 77.1 Å². The molecular weight excluding hydrogens is 607 g/mol. The highest BCUT2D eigenvalue weighted by Gasteiger charge is 2.35. The number of carbonyl (C=O) groups is 1. The van der Waals surface area contributed by atoms with Crippen LogP contribution in [0.1, 0.15) is 42.6 Å². The Morgan fingerprint density at radius 1 is 1.17 bits per heavy atom. The summed E-state index contributed by atoms with van der Waals surface area (Å²) in [6, 6.07) is 16.5. The minimum Gasteiger partial charge on any atom is -0.362 e. The SMILES string of the molecule is CC(Nc1cc(CNC(=O)C2CCCN2S(=O)c2ccc(Cl)s2)cc(-c2ccc(C(F)(F)F)cc2)n1)c1ccccn1. The predicted octanol–water partition coefficient (Wildman–Crippen LogP) is 6.85. The zero-order valence-electron chi connectivity index (χ0n) is 22.4. The van der Waals surface area contributed by atoms with Crippen LogP contribution >= 0.6 is 22.9 Å². The average molecular weight is 634 g/mol. The number of hydrogen-bond acceptors (Lipinski definition) is 6. The van der Waals surface area contributed by atoms with E-state index in [0.717, 1.165) is 24.2 Å². The van der Waals surface area contributed by atoms with Gasteiger partial charge < -0.3 is 10.6 Å². The molecule has 1 aromatic carbocycles. The van der Waals surface area contributed by atoms with Gasteiger partial charge in [-0.25, -0.2) is 13.5 Å². The number of alkyl halides is 3. The third-order valence-electron chi connectivity index (χ3n) is 6.80. The molecule has 0 radical (unpaired) electrons. The molecule has 1 aliphatic heterocycles. The fraction of sp³-hybridized carbons (Fsp3) is 0.276. The predicted molar refractivity (Wildman–Crippen MR) is 158 cm³/mol. The van der Waals surface area contributed by atoms with Crippen molar-refractivity contribution in [1.29, 1.82) is 0 Å². The molecule has 220 valence electrons. The first-order valence-corrected chi connectivity index (χ1v) is 15.5. The number of aromatic nitrogens is 2. The summed E-state index contributed by atoms with van der Waals surface area (Å²) >= 11 is 7.24. The summed E-state index contributed by atoms with van der Waals surface area (Å²) in [7, 11) is -1.50. The molecule has 3 unspecified atom stereocenters. The van der Waals surface area contributed by atoms with Crippen molar-refractivity contribution in [2.75, 3.05) is 11.9 Å². The van der Waals surface area contributed by atoms with Crippen molar-refractivity contribution in [3.63, 3.8) is 0 Å². The molecule has 1 saturated heterocycles. The largest absolute Gasteiger partial charge is 0.416 e. The second-order valence-corrected chi connectivity index (χ2v) is 13.1. The summed E-state index contributed by atoms with van der Waals surface area (Å²) in [6.45, 7) is 2.59. The molecule has 42 heavy (non-hydrogen) atoms. The van der Waals surface area contributed by atoms with E-state index in [1.807, 2.05) is 25.1 Å². The van der Waals surface area contributed by atoms with Gasteiger partial charge in [0.25, 0.3) is 0 Å². The number of nitrogens with one attached hydrogen (secondary N) is 2. The van der Waals surface area contributed by atoms with Crippen molar-refractivity contribution < 1.29 is 22.2 Å². The van der Waals surface area contributed by atoms with E-state index in [0.29, 0.717) is 44.1 Å². The minimum atomic E-state index is -4.45. The second kappa shape index (κ2) is 12.9. The van der Waals surface area contributed by atoms with Gasteiger partial charge in [0.2, 0.25) is 5.91 Å². The van der Waals surface area contributed by atoms with Crippen molar-refractivity contribution in [1.82, 2.24) is 19.6 Å². The van der Waals surface area contributed by atoms with Gasteiger partial charge >= 0.3 is 6.18 Å². The van der Waals surface area contributed by atoms with Gasteiger partial charge in [-0.05, 0) is 73.9 Å². The zero-order valence-corrected chi connectivity index (χ0v) is 24.8. The zero-order chi connectivity index (χ0) is 29.9. The smallest absolute Gasteiger partial charge is 0.362 e. The Balaban J connectivity index is 1.36. The topological polar surface area (TPSA) is 87.2 Å². The first-order chi connectivity index (χ1) is 20.1. The van der Waals surface area contributed by atoms with Gasteiger partial charge in [0.15, 0.2) is 0 Å². The van der Waals surface area contributed by atoms with Crippen molar-refractivity contribution in [2.24, 2.45) is 0 Å². The lowest BCUT2D eigenvalue weighted by atomic mass is 10.1. The second-order valence-electron chi connectivity index (χ2n) is 9.77. The van der Waals surface area contributed by atoms with E-state index in [1.165, 1.54) is 23.5 Å². The highest BCUT2D eigenvalue weighted by atomic mass is 35.5. The molecule has 0 saturated carbocycles. The first-order valence-electron chi connectivity index (χ1n) is 13.2. The lowest BCUT2D eigenvalue weighted by Gasteiger charge is -2.22. The highest BCUT2D eigenvalue weighted by Crippen LogP contribution is 2.32. The van der Waals surface area contributed by atoms with Crippen molar-refractivity contribution >= 4 is 45.6 Å². The van der Waals surface area contributed by atoms with E-state index < -0.39 is 28.8 Å². The fourth-order valence-electron chi connectivity index (χ4n) is 4.68. The monoisotopic (exact) mass is 633 g/mol. The number of rotatable bonds is 9. The Kier molecular flexibility index (Phi) is 9.26. The molecule has 0 aliphatic carbocycles. The number of anilines is 1. The highest BCUT2D eigenvalue weighted by molar-refractivity contribution is 7.85. The maximum Gasteiger partial charge on any atom is 0.416 e. The van der Waals surface area contributed by atoms with Gasteiger partial charge in [-0.2, -0.15) is 13.2 Å². The summed E-state index contributed by atoms with van der Waals surface area (Å²) in [6.07, 6.45) is -1.46. The summed E-state index contributed by atoms with van der Waals surface area (Å²) in [5, 5.41) is 6.25. The van der Waals surface area contributed by atoms with E-state index >= 15 is 0 Å². The Hall–Kier alpha value is -3.32. The molecular formula is C29H27ClF3N5O2S2. The van der Waals surface area contributed by atoms with Crippen molar-refractivity contribution in [3.05, 3.63) is 94.1 Å². The maximum atomic E-state index is 13.2. The number of nitrogens with zero attached hydrogens (tertiary/aromatic N) is 3. The normalized spacial score (nSPS) is 17.1. The number of halogens is 4. The van der Waals surface area contributed by atoms with Crippen LogP contribution in [0.5, 0.6) is 0 Å². The Morgan fingerprint density at radius 2 is 1.95 bits per heavy atom. The van der Waals surface area contributed by atoms with Gasteiger partial charge in [0.1, 0.15) is 27.1 Å². The van der Waals surface area contributed by atoms with Crippen LogP contribution in [0.25, 0.3) is 11.3 Å². The van der Waals surface area contributed by atoms with Crippen LogP contribution in [0.2, 0.25) is 4.34 Å². The number of benzene rings is 1. The summed E-state index contributed by atoms with van der Waals surface area (Å²) in [5.41, 5.74) is 1.68. The van der Waals surface area contributed by atoms with Crippen LogP contribution in [-0.4, -0.2) is 37.0 Å². The average Bonchev–Trinajstić information content (AvgIpc) is 3.65. The molecule has 4 aromatic rings. The standard InChI is InChI=1S/C29H27ClF3N5O2S2/c1-18(22-5-2-3-13-34-22)36-26-16-19(15-23(37-26)20-7-9-21(10-8-20)29(31,32)33)17-35-28(39)24-6-4-14-38(24)42(40)27-12-11-25(30)41-27/h2-3,5,7-13,15-16,18,24H,4,6,14,17H2,1H3,(H,35,39)(H,36,37).